The number of halogens is 1. The fraction of sp³-hybridized carbons (Fsp3) is 0.538. The molecule has 0 fully saturated rings. The van der Waals surface area contributed by atoms with Crippen molar-refractivity contribution >= 4 is 27.3 Å². The minimum atomic E-state index is 0.0545. The molecule has 0 aliphatic carbocycles. The fourth-order valence-corrected chi connectivity index (χ4v) is 3.79. The Hall–Kier alpha value is -0.760. The fourth-order valence-electron chi connectivity index (χ4n) is 2.36. The monoisotopic (exact) mass is 357 g/mol. The predicted octanol–water partition coefficient (Wildman–Crippen LogP) is 2.79. The van der Waals surface area contributed by atoms with Crippen molar-refractivity contribution < 1.29 is 0 Å². The number of hydrazine groups is 1. The zero-order valence-corrected chi connectivity index (χ0v) is 14.6. The van der Waals surface area contributed by atoms with Gasteiger partial charge in [0.1, 0.15) is 0 Å². The minimum Gasteiger partial charge on any atom is -0.271 e. The van der Waals surface area contributed by atoms with E-state index in [-0.39, 0.29) is 6.04 Å². The predicted molar refractivity (Wildman–Crippen MR) is 85.7 cm³/mol. The molecule has 1 atom stereocenters. The van der Waals surface area contributed by atoms with Crippen LogP contribution in [0, 0.1) is 20.8 Å². The molecular formula is C13H20BrN5S. The molecule has 0 amide bonds. The summed E-state index contributed by atoms with van der Waals surface area (Å²) in [5.74, 6) is 5.76. The van der Waals surface area contributed by atoms with Crippen molar-refractivity contribution in [3.05, 3.63) is 31.4 Å². The van der Waals surface area contributed by atoms with Crippen LogP contribution >= 0.6 is 27.3 Å². The average Bonchev–Trinajstić information content (AvgIpc) is 2.88. The highest BCUT2D eigenvalue weighted by molar-refractivity contribution is 9.10. The molecule has 0 aliphatic rings. The third kappa shape index (κ3) is 2.95. The lowest BCUT2D eigenvalue weighted by Crippen LogP contribution is -2.30. The average molecular weight is 358 g/mol. The van der Waals surface area contributed by atoms with Crippen molar-refractivity contribution in [2.24, 2.45) is 5.84 Å². The lowest BCUT2D eigenvalue weighted by Gasteiger charge is -2.16. The third-order valence-corrected chi connectivity index (χ3v) is 5.53. The topological polar surface area (TPSA) is 68.8 Å². The number of aryl methyl sites for hydroxylation is 4. The molecule has 0 saturated heterocycles. The molecule has 5 nitrogen and oxygen atoms in total. The van der Waals surface area contributed by atoms with E-state index in [4.69, 9.17) is 5.84 Å². The Morgan fingerprint density at radius 3 is 2.55 bits per heavy atom. The molecule has 0 aliphatic heterocycles. The van der Waals surface area contributed by atoms with Gasteiger partial charge in [-0.3, -0.25) is 16.0 Å². The second-order valence-electron chi connectivity index (χ2n) is 4.77. The number of nitrogens with one attached hydrogen (secondary N) is 1. The van der Waals surface area contributed by atoms with Gasteiger partial charge < -0.3 is 0 Å². The summed E-state index contributed by atoms with van der Waals surface area (Å²) >= 11 is 5.33. The Balaban J connectivity index is 2.34. The number of hydrogen-bond donors (Lipinski definition) is 2. The van der Waals surface area contributed by atoms with Crippen molar-refractivity contribution in [1.29, 1.82) is 0 Å². The highest BCUT2D eigenvalue weighted by Gasteiger charge is 2.21. The largest absolute Gasteiger partial charge is 0.271 e. The van der Waals surface area contributed by atoms with Crippen LogP contribution < -0.4 is 11.3 Å². The molecular weight excluding hydrogens is 338 g/mol. The summed E-state index contributed by atoms with van der Waals surface area (Å²) in [5.41, 5.74) is 6.14. The number of nitrogens with two attached hydrogens (primary N) is 1. The van der Waals surface area contributed by atoms with Crippen LogP contribution in [-0.2, 0) is 13.0 Å². The van der Waals surface area contributed by atoms with Crippen LogP contribution in [0.25, 0.3) is 0 Å². The Morgan fingerprint density at radius 1 is 1.35 bits per heavy atom. The first-order valence-electron chi connectivity index (χ1n) is 6.59. The van der Waals surface area contributed by atoms with E-state index in [2.05, 4.69) is 38.4 Å². The van der Waals surface area contributed by atoms with Crippen molar-refractivity contribution in [2.45, 2.75) is 46.7 Å². The quantitative estimate of drug-likeness (QED) is 0.637. The van der Waals surface area contributed by atoms with Gasteiger partial charge in [-0.15, -0.1) is 11.3 Å². The van der Waals surface area contributed by atoms with Gasteiger partial charge in [0.25, 0.3) is 0 Å². The van der Waals surface area contributed by atoms with E-state index in [1.54, 1.807) is 11.3 Å². The summed E-state index contributed by atoms with van der Waals surface area (Å²) in [6.07, 6.45) is 0.786. The van der Waals surface area contributed by atoms with E-state index in [0.717, 1.165) is 33.8 Å². The van der Waals surface area contributed by atoms with Crippen molar-refractivity contribution in [1.82, 2.24) is 20.2 Å². The lowest BCUT2D eigenvalue weighted by atomic mass is 10.1. The van der Waals surface area contributed by atoms with E-state index >= 15 is 0 Å². The summed E-state index contributed by atoms with van der Waals surface area (Å²) in [7, 11) is 0. The first-order valence-corrected chi connectivity index (χ1v) is 8.20. The van der Waals surface area contributed by atoms with Gasteiger partial charge in [0, 0.05) is 17.8 Å². The summed E-state index contributed by atoms with van der Waals surface area (Å²) in [5, 5.41) is 5.59. The minimum absolute atomic E-state index is 0.0545. The smallest absolute Gasteiger partial charge is 0.0900 e. The Kier molecular flexibility index (Phi) is 4.95. The molecule has 0 spiro atoms. The Labute approximate surface area is 131 Å². The van der Waals surface area contributed by atoms with Gasteiger partial charge in [0.15, 0.2) is 0 Å². The van der Waals surface area contributed by atoms with Gasteiger partial charge in [-0.2, -0.15) is 5.10 Å². The van der Waals surface area contributed by atoms with Crippen molar-refractivity contribution in [2.75, 3.05) is 0 Å². The molecule has 20 heavy (non-hydrogen) atoms. The van der Waals surface area contributed by atoms with E-state index in [9.17, 15) is 0 Å². The van der Waals surface area contributed by atoms with Gasteiger partial charge in [-0.05, 0) is 43.6 Å². The van der Waals surface area contributed by atoms with Gasteiger partial charge in [0.05, 0.1) is 32.6 Å². The van der Waals surface area contributed by atoms with Gasteiger partial charge in [-0.25, -0.2) is 4.98 Å². The van der Waals surface area contributed by atoms with E-state index < -0.39 is 0 Å². The molecule has 1 unspecified atom stereocenters. The SMILES string of the molecule is CCn1nc(C)c(Br)c1CC(NN)c1sc(C)nc1C. The number of rotatable bonds is 5. The second kappa shape index (κ2) is 6.34. The molecule has 110 valence electrons. The number of nitrogens with zero attached hydrogens (tertiary/aromatic N) is 3. The van der Waals surface area contributed by atoms with Crippen LogP contribution in [0.3, 0.4) is 0 Å². The van der Waals surface area contributed by atoms with Crippen LogP contribution in [0.4, 0.5) is 0 Å². The lowest BCUT2D eigenvalue weighted by molar-refractivity contribution is 0.519. The number of thiazole rings is 1. The highest BCUT2D eigenvalue weighted by Crippen LogP contribution is 2.30. The van der Waals surface area contributed by atoms with E-state index in [1.807, 2.05) is 25.5 Å². The van der Waals surface area contributed by atoms with Crippen LogP contribution in [0.1, 0.15) is 39.9 Å². The maximum atomic E-state index is 5.76. The molecule has 2 heterocycles. The van der Waals surface area contributed by atoms with Gasteiger partial charge in [-0.1, -0.05) is 0 Å². The first kappa shape index (κ1) is 15.6. The van der Waals surface area contributed by atoms with Crippen molar-refractivity contribution in [3.63, 3.8) is 0 Å². The molecule has 0 bridgehead atoms. The summed E-state index contributed by atoms with van der Waals surface area (Å²) in [4.78, 5) is 5.67. The zero-order chi connectivity index (χ0) is 14.9. The summed E-state index contributed by atoms with van der Waals surface area (Å²) < 4.78 is 3.09. The maximum Gasteiger partial charge on any atom is 0.0900 e. The number of hydrogen-bond acceptors (Lipinski definition) is 5. The van der Waals surface area contributed by atoms with Gasteiger partial charge in [0.2, 0.25) is 0 Å². The maximum absolute atomic E-state index is 5.76. The normalized spacial score (nSPS) is 12.9. The second-order valence-corrected chi connectivity index (χ2v) is 6.80. The van der Waals surface area contributed by atoms with Crippen LogP contribution in [0.2, 0.25) is 0 Å². The standard InChI is InChI=1S/C13H20BrN5S/c1-5-19-11(12(14)7(2)18-19)6-10(17-15)13-8(3)16-9(4)20-13/h10,17H,5-6,15H2,1-4H3. The molecule has 0 aromatic carbocycles. The van der Waals surface area contributed by atoms with Crippen LogP contribution in [0.15, 0.2) is 4.47 Å². The van der Waals surface area contributed by atoms with E-state index in [1.165, 1.54) is 10.6 Å². The van der Waals surface area contributed by atoms with E-state index in [0.29, 0.717) is 0 Å². The third-order valence-electron chi connectivity index (χ3n) is 3.31. The molecule has 3 N–H and O–H groups in total. The van der Waals surface area contributed by atoms with Gasteiger partial charge >= 0.3 is 0 Å². The first-order chi connectivity index (χ1) is 9.47. The number of aromatic nitrogens is 3. The summed E-state index contributed by atoms with van der Waals surface area (Å²) in [6.45, 7) is 8.99. The molecule has 2 aromatic heterocycles. The molecule has 0 radical (unpaired) electrons. The summed E-state index contributed by atoms with van der Waals surface area (Å²) in [6, 6.07) is 0.0545. The zero-order valence-electron chi connectivity index (χ0n) is 12.2. The Morgan fingerprint density at radius 2 is 2.05 bits per heavy atom. The van der Waals surface area contributed by atoms with Crippen molar-refractivity contribution in [3.8, 4) is 0 Å². The Bertz CT molecular complexity index is 604. The molecule has 7 heteroatoms. The molecule has 0 saturated carbocycles. The van der Waals surface area contributed by atoms with Crippen LogP contribution in [-0.4, -0.2) is 14.8 Å². The molecule has 2 aromatic rings. The van der Waals surface area contributed by atoms with Crippen LogP contribution in [0.5, 0.6) is 0 Å². The highest BCUT2D eigenvalue weighted by atomic mass is 79.9. The molecule has 2 rings (SSSR count).